The summed E-state index contributed by atoms with van der Waals surface area (Å²) in [6, 6.07) is 13.2. The Morgan fingerprint density at radius 1 is 1.29 bits per heavy atom. The summed E-state index contributed by atoms with van der Waals surface area (Å²) in [5.74, 6) is 2.17. The zero-order chi connectivity index (χ0) is 16.8. The van der Waals surface area contributed by atoms with Gasteiger partial charge in [-0.05, 0) is 35.9 Å². The van der Waals surface area contributed by atoms with E-state index in [4.69, 9.17) is 18.8 Å². The lowest BCUT2D eigenvalue weighted by Crippen LogP contribution is -1.98. The Morgan fingerprint density at radius 3 is 2.96 bits per heavy atom. The lowest BCUT2D eigenvalue weighted by molar-refractivity contribution is 0.414. The SMILES string of the molecule is COc1cccc(/C=C/c2nc(C#N)c(NCc3ccco3)o2)c1. The molecule has 2 heterocycles. The van der Waals surface area contributed by atoms with Gasteiger partial charge >= 0.3 is 0 Å². The molecule has 0 atom stereocenters. The highest BCUT2D eigenvalue weighted by Gasteiger charge is 2.11. The first-order valence-electron chi connectivity index (χ1n) is 7.28. The van der Waals surface area contributed by atoms with Gasteiger partial charge in [0.2, 0.25) is 17.5 Å². The third kappa shape index (κ3) is 3.65. The summed E-state index contributed by atoms with van der Waals surface area (Å²) in [6.07, 6.45) is 5.13. The molecule has 0 aliphatic carbocycles. The number of furan rings is 1. The molecule has 0 radical (unpaired) electrons. The van der Waals surface area contributed by atoms with Gasteiger partial charge in [-0.15, -0.1) is 0 Å². The third-order valence-corrected chi connectivity index (χ3v) is 3.27. The monoisotopic (exact) mass is 321 g/mol. The normalized spacial score (nSPS) is 10.7. The van der Waals surface area contributed by atoms with Crippen LogP contribution in [0.2, 0.25) is 0 Å². The van der Waals surface area contributed by atoms with Crippen LogP contribution in [0.5, 0.6) is 5.75 Å². The van der Waals surface area contributed by atoms with E-state index in [0.717, 1.165) is 17.1 Å². The summed E-state index contributed by atoms with van der Waals surface area (Å²) in [5, 5.41) is 12.2. The fourth-order valence-electron chi connectivity index (χ4n) is 2.10. The summed E-state index contributed by atoms with van der Waals surface area (Å²) in [7, 11) is 1.62. The molecule has 6 nitrogen and oxygen atoms in total. The number of rotatable bonds is 6. The van der Waals surface area contributed by atoms with Crippen LogP contribution in [0.25, 0.3) is 12.2 Å². The van der Waals surface area contributed by atoms with Crippen LogP contribution >= 0.6 is 0 Å². The van der Waals surface area contributed by atoms with Gasteiger partial charge in [0.05, 0.1) is 19.9 Å². The molecule has 0 bridgehead atoms. The first-order chi connectivity index (χ1) is 11.8. The van der Waals surface area contributed by atoms with E-state index < -0.39 is 0 Å². The number of methoxy groups -OCH3 is 1. The van der Waals surface area contributed by atoms with Crippen molar-refractivity contribution in [3.63, 3.8) is 0 Å². The first-order valence-corrected chi connectivity index (χ1v) is 7.28. The van der Waals surface area contributed by atoms with Gasteiger partial charge in [-0.25, -0.2) is 0 Å². The molecule has 0 saturated heterocycles. The van der Waals surface area contributed by atoms with E-state index in [-0.39, 0.29) is 5.69 Å². The molecule has 0 saturated carbocycles. The van der Waals surface area contributed by atoms with Crippen LogP contribution in [0.4, 0.5) is 5.88 Å². The van der Waals surface area contributed by atoms with Crippen molar-refractivity contribution in [3.05, 3.63) is 65.6 Å². The molecule has 3 rings (SSSR count). The molecule has 120 valence electrons. The summed E-state index contributed by atoms with van der Waals surface area (Å²) < 4.78 is 16.0. The van der Waals surface area contributed by atoms with Crippen LogP contribution in [0.3, 0.4) is 0 Å². The Balaban J connectivity index is 1.74. The van der Waals surface area contributed by atoms with Crippen molar-refractivity contribution in [2.24, 2.45) is 0 Å². The van der Waals surface area contributed by atoms with Gasteiger partial charge in [-0.1, -0.05) is 12.1 Å². The Labute approximate surface area is 139 Å². The van der Waals surface area contributed by atoms with Gasteiger partial charge in [-0.2, -0.15) is 10.2 Å². The topological polar surface area (TPSA) is 84.2 Å². The van der Waals surface area contributed by atoms with Crippen molar-refractivity contribution in [2.45, 2.75) is 6.54 Å². The van der Waals surface area contributed by atoms with Gasteiger partial charge in [-0.3, -0.25) is 0 Å². The van der Waals surface area contributed by atoms with E-state index in [1.807, 2.05) is 42.5 Å². The molecule has 0 aliphatic rings. The molecule has 6 heteroatoms. The Morgan fingerprint density at radius 2 is 2.21 bits per heavy atom. The van der Waals surface area contributed by atoms with Gasteiger partial charge in [0.1, 0.15) is 17.6 Å². The average molecular weight is 321 g/mol. The van der Waals surface area contributed by atoms with Crippen LogP contribution in [0, 0.1) is 11.3 Å². The second-order valence-corrected chi connectivity index (χ2v) is 4.88. The standard InChI is InChI=1S/C18H15N3O3/c1-22-14-5-2-4-13(10-14)7-8-17-21-16(11-19)18(24-17)20-12-15-6-3-9-23-15/h2-10,20H,12H2,1H3/b8-7+. The second kappa shape index (κ2) is 7.20. The Hall–Kier alpha value is -3.46. The summed E-state index contributed by atoms with van der Waals surface area (Å²) >= 11 is 0. The van der Waals surface area contributed by atoms with Crippen LogP contribution in [-0.4, -0.2) is 12.1 Å². The van der Waals surface area contributed by atoms with E-state index in [2.05, 4.69) is 10.3 Å². The van der Waals surface area contributed by atoms with Crippen molar-refractivity contribution in [1.82, 2.24) is 4.98 Å². The average Bonchev–Trinajstić information content (AvgIpc) is 3.27. The number of nitriles is 1. The highest BCUT2D eigenvalue weighted by molar-refractivity contribution is 5.67. The summed E-state index contributed by atoms with van der Waals surface area (Å²) in [6.45, 7) is 0.413. The molecule has 0 aliphatic heterocycles. The van der Waals surface area contributed by atoms with Crippen LogP contribution in [-0.2, 0) is 6.54 Å². The Kier molecular flexibility index (Phi) is 4.63. The van der Waals surface area contributed by atoms with Crippen molar-refractivity contribution in [1.29, 1.82) is 5.26 Å². The van der Waals surface area contributed by atoms with E-state index in [9.17, 15) is 0 Å². The summed E-state index contributed by atoms with van der Waals surface area (Å²) in [4.78, 5) is 4.15. The fraction of sp³-hybridized carbons (Fsp3) is 0.111. The van der Waals surface area contributed by atoms with Crippen molar-refractivity contribution in [2.75, 3.05) is 12.4 Å². The van der Waals surface area contributed by atoms with Gasteiger partial charge in [0.15, 0.2) is 0 Å². The maximum absolute atomic E-state index is 9.17. The minimum Gasteiger partial charge on any atom is -0.497 e. The number of aromatic nitrogens is 1. The predicted octanol–water partition coefficient (Wildman–Crippen LogP) is 3.93. The number of ether oxygens (including phenoxy) is 1. The molecule has 3 aromatic rings. The van der Waals surface area contributed by atoms with Crippen LogP contribution in [0.1, 0.15) is 22.9 Å². The van der Waals surface area contributed by atoms with E-state index in [0.29, 0.717) is 18.3 Å². The smallest absolute Gasteiger partial charge is 0.232 e. The lowest BCUT2D eigenvalue weighted by Gasteiger charge is -1.99. The number of nitrogens with zero attached hydrogens (tertiary/aromatic N) is 2. The van der Waals surface area contributed by atoms with Crippen molar-refractivity contribution in [3.8, 4) is 11.8 Å². The molecule has 0 unspecified atom stereocenters. The first kappa shape index (κ1) is 15.4. The quantitative estimate of drug-likeness (QED) is 0.740. The van der Waals surface area contributed by atoms with E-state index in [1.54, 1.807) is 25.5 Å². The largest absolute Gasteiger partial charge is 0.497 e. The number of benzene rings is 1. The van der Waals surface area contributed by atoms with Crippen molar-refractivity contribution < 1.29 is 13.6 Å². The van der Waals surface area contributed by atoms with Gasteiger partial charge < -0.3 is 18.9 Å². The fourth-order valence-corrected chi connectivity index (χ4v) is 2.10. The Bertz CT molecular complexity index is 873. The maximum Gasteiger partial charge on any atom is 0.232 e. The van der Waals surface area contributed by atoms with E-state index in [1.165, 1.54) is 0 Å². The molecular weight excluding hydrogens is 306 g/mol. The number of oxazole rings is 1. The number of anilines is 1. The van der Waals surface area contributed by atoms with Gasteiger partial charge in [0, 0.05) is 6.08 Å². The highest BCUT2D eigenvalue weighted by Crippen LogP contribution is 2.20. The molecule has 0 fully saturated rings. The maximum atomic E-state index is 9.17. The zero-order valence-electron chi connectivity index (χ0n) is 13.0. The second-order valence-electron chi connectivity index (χ2n) is 4.88. The van der Waals surface area contributed by atoms with E-state index >= 15 is 0 Å². The lowest BCUT2D eigenvalue weighted by atomic mass is 10.2. The minimum atomic E-state index is 0.201. The van der Waals surface area contributed by atoms with Crippen molar-refractivity contribution >= 4 is 18.0 Å². The molecule has 0 spiro atoms. The molecular formula is C18H15N3O3. The predicted molar refractivity (Wildman–Crippen MR) is 89.2 cm³/mol. The van der Waals surface area contributed by atoms with Crippen LogP contribution < -0.4 is 10.1 Å². The molecule has 1 aromatic carbocycles. The minimum absolute atomic E-state index is 0.201. The summed E-state index contributed by atoms with van der Waals surface area (Å²) in [5.41, 5.74) is 1.14. The number of hydrogen-bond donors (Lipinski definition) is 1. The van der Waals surface area contributed by atoms with Gasteiger partial charge in [0.25, 0.3) is 0 Å². The zero-order valence-corrected chi connectivity index (χ0v) is 13.0. The molecule has 0 amide bonds. The number of nitrogens with one attached hydrogen (secondary N) is 1. The molecule has 24 heavy (non-hydrogen) atoms. The number of hydrogen-bond acceptors (Lipinski definition) is 6. The van der Waals surface area contributed by atoms with Crippen LogP contribution in [0.15, 0.2) is 51.5 Å². The molecule has 1 N–H and O–H groups in total. The molecule has 2 aromatic heterocycles. The third-order valence-electron chi connectivity index (χ3n) is 3.27. The highest BCUT2D eigenvalue weighted by atomic mass is 16.5.